The average Bonchev–Trinajstić information content (AvgIpc) is 2.16. The lowest BCUT2D eigenvalue weighted by Gasteiger charge is -2.32. The van der Waals surface area contributed by atoms with Gasteiger partial charge in [-0.3, -0.25) is 5.32 Å². The maximum absolute atomic E-state index is 9.03. The van der Waals surface area contributed by atoms with Crippen LogP contribution in [0.1, 0.15) is 26.2 Å². The Labute approximate surface area is 74.1 Å². The molecule has 0 saturated carbocycles. The SMILES string of the molecule is CCCNC1(C#N)CCNCC1. The first kappa shape index (κ1) is 9.50. The zero-order valence-electron chi connectivity index (χ0n) is 7.69. The van der Waals surface area contributed by atoms with Crippen molar-refractivity contribution in [2.75, 3.05) is 19.6 Å². The van der Waals surface area contributed by atoms with E-state index in [0.29, 0.717) is 0 Å². The summed E-state index contributed by atoms with van der Waals surface area (Å²) in [6.45, 7) is 5.00. The zero-order chi connectivity index (χ0) is 8.86. The molecule has 3 nitrogen and oxygen atoms in total. The molecule has 1 rings (SSSR count). The number of nitriles is 1. The number of hydrogen-bond acceptors (Lipinski definition) is 3. The van der Waals surface area contributed by atoms with Gasteiger partial charge in [0.1, 0.15) is 5.54 Å². The van der Waals surface area contributed by atoms with Crippen molar-refractivity contribution in [2.24, 2.45) is 0 Å². The van der Waals surface area contributed by atoms with Gasteiger partial charge in [-0.2, -0.15) is 5.26 Å². The zero-order valence-corrected chi connectivity index (χ0v) is 7.69. The third kappa shape index (κ3) is 2.20. The van der Waals surface area contributed by atoms with Crippen LogP contribution in [0.2, 0.25) is 0 Å². The smallest absolute Gasteiger partial charge is 0.109 e. The van der Waals surface area contributed by atoms with Crippen molar-refractivity contribution >= 4 is 0 Å². The van der Waals surface area contributed by atoms with Crippen LogP contribution < -0.4 is 10.6 Å². The lowest BCUT2D eigenvalue weighted by Crippen LogP contribution is -2.51. The topological polar surface area (TPSA) is 47.9 Å². The van der Waals surface area contributed by atoms with Crippen molar-refractivity contribution < 1.29 is 0 Å². The van der Waals surface area contributed by atoms with Gasteiger partial charge in [0.05, 0.1) is 6.07 Å². The molecule has 0 aromatic carbocycles. The fourth-order valence-corrected chi connectivity index (χ4v) is 1.55. The van der Waals surface area contributed by atoms with Crippen molar-refractivity contribution in [2.45, 2.75) is 31.7 Å². The van der Waals surface area contributed by atoms with Crippen LogP contribution in [-0.2, 0) is 0 Å². The van der Waals surface area contributed by atoms with Gasteiger partial charge in [0.25, 0.3) is 0 Å². The molecule has 1 fully saturated rings. The van der Waals surface area contributed by atoms with Gasteiger partial charge in [-0.15, -0.1) is 0 Å². The molecule has 1 aliphatic rings. The van der Waals surface area contributed by atoms with Crippen molar-refractivity contribution in [3.8, 4) is 6.07 Å². The molecule has 0 bridgehead atoms. The summed E-state index contributed by atoms with van der Waals surface area (Å²) >= 11 is 0. The number of rotatable bonds is 3. The Kier molecular flexibility index (Phi) is 3.51. The fraction of sp³-hybridized carbons (Fsp3) is 0.889. The van der Waals surface area contributed by atoms with Gasteiger partial charge in [-0.1, -0.05) is 6.92 Å². The van der Waals surface area contributed by atoms with Crippen molar-refractivity contribution in [1.82, 2.24) is 10.6 Å². The van der Waals surface area contributed by atoms with Gasteiger partial charge in [0, 0.05) is 0 Å². The highest BCUT2D eigenvalue weighted by molar-refractivity contribution is 5.09. The van der Waals surface area contributed by atoms with Gasteiger partial charge in [0.2, 0.25) is 0 Å². The Balaban J connectivity index is 2.44. The maximum atomic E-state index is 9.03. The normalized spacial score (nSPS) is 21.7. The third-order valence-corrected chi connectivity index (χ3v) is 2.38. The molecular formula is C9H17N3. The van der Waals surface area contributed by atoms with Gasteiger partial charge in [-0.05, 0) is 38.9 Å². The molecule has 1 heterocycles. The van der Waals surface area contributed by atoms with Crippen LogP contribution in [0.3, 0.4) is 0 Å². The van der Waals surface area contributed by atoms with E-state index in [1.54, 1.807) is 0 Å². The summed E-state index contributed by atoms with van der Waals surface area (Å²) < 4.78 is 0. The minimum absolute atomic E-state index is 0.235. The first-order valence-electron chi connectivity index (χ1n) is 4.70. The second-order valence-electron chi connectivity index (χ2n) is 3.37. The summed E-state index contributed by atoms with van der Waals surface area (Å²) in [7, 11) is 0. The van der Waals surface area contributed by atoms with E-state index in [-0.39, 0.29) is 5.54 Å². The van der Waals surface area contributed by atoms with E-state index in [9.17, 15) is 0 Å². The van der Waals surface area contributed by atoms with Gasteiger partial charge < -0.3 is 5.32 Å². The summed E-state index contributed by atoms with van der Waals surface area (Å²) in [6.07, 6.45) is 2.96. The Morgan fingerprint density at radius 1 is 1.50 bits per heavy atom. The molecule has 0 aromatic rings. The van der Waals surface area contributed by atoms with E-state index in [1.807, 2.05) is 0 Å². The van der Waals surface area contributed by atoms with E-state index in [0.717, 1.165) is 38.9 Å². The predicted octanol–water partition coefficient (Wildman–Crippen LogP) is 0.632. The van der Waals surface area contributed by atoms with Crippen LogP contribution >= 0.6 is 0 Å². The molecule has 68 valence electrons. The van der Waals surface area contributed by atoms with E-state index >= 15 is 0 Å². The first-order chi connectivity index (χ1) is 5.83. The molecule has 2 N–H and O–H groups in total. The minimum atomic E-state index is -0.235. The molecule has 0 atom stereocenters. The highest BCUT2D eigenvalue weighted by Crippen LogP contribution is 2.16. The van der Waals surface area contributed by atoms with Crippen LogP contribution in [0, 0.1) is 11.3 Å². The number of nitrogens with zero attached hydrogens (tertiary/aromatic N) is 1. The molecule has 1 saturated heterocycles. The van der Waals surface area contributed by atoms with Gasteiger partial charge in [-0.25, -0.2) is 0 Å². The lowest BCUT2D eigenvalue weighted by molar-refractivity contribution is 0.312. The lowest BCUT2D eigenvalue weighted by atomic mass is 9.90. The van der Waals surface area contributed by atoms with Crippen LogP contribution in [0.15, 0.2) is 0 Å². The molecule has 0 aromatic heterocycles. The van der Waals surface area contributed by atoms with Crippen LogP contribution in [0.5, 0.6) is 0 Å². The highest BCUT2D eigenvalue weighted by Gasteiger charge is 2.30. The Morgan fingerprint density at radius 3 is 2.67 bits per heavy atom. The summed E-state index contributed by atoms with van der Waals surface area (Å²) in [4.78, 5) is 0. The predicted molar refractivity (Wildman–Crippen MR) is 48.7 cm³/mol. The highest BCUT2D eigenvalue weighted by atomic mass is 15.0. The monoisotopic (exact) mass is 167 g/mol. The molecule has 0 aliphatic carbocycles. The summed E-state index contributed by atoms with van der Waals surface area (Å²) in [5, 5.41) is 15.6. The van der Waals surface area contributed by atoms with Crippen LogP contribution in [0.25, 0.3) is 0 Å². The van der Waals surface area contributed by atoms with Gasteiger partial charge in [0.15, 0.2) is 0 Å². The summed E-state index contributed by atoms with van der Waals surface area (Å²) in [5.41, 5.74) is -0.235. The van der Waals surface area contributed by atoms with Crippen LogP contribution in [-0.4, -0.2) is 25.2 Å². The number of nitrogens with one attached hydrogen (secondary N) is 2. The molecule has 3 heteroatoms. The second kappa shape index (κ2) is 4.44. The second-order valence-corrected chi connectivity index (χ2v) is 3.37. The van der Waals surface area contributed by atoms with Crippen molar-refractivity contribution in [3.63, 3.8) is 0 Å². The van der Waals surface area contributed by atoms with Crippen molar-refractivity contribution in [1.29, 1.82) is 5.26 Å². The quantitative estimate of drug-likeness (QED) is 0.648. The summed E-state index contributed by atoms with van der Waals surface area (Å²) in [5.74, 6) is 0. The Hall–Kier alpha value is -0.590. The first-order valence-corrected chi connectivity index (χ1v) is 4.70. The van der Waals surface area contributed by atoms with Crippen LogP contribution in [0.4, 0.5) is 0 Å². The molecule has 0 spiro atoms. The van der Waals surface area contributed by atoms with Crippen molar-refractivity contribution in [3.05, 3.63) is 0 Å². The molecule has 12 heavy (non-hydrogen) atoms. The van der Waals surface area contributed by atoms with E-state index in [1.165, 1.54) is 0 Å². The Morgan fingerprint density at radius 2 is 2.17 bits per heavy atom. The molecule has 0 radical (unpaired) electrons. The van der Waals surface area contributed by atoms with E-state index in [2.05, 4.69) is 23.6 Å². The largest absolute Gasteiger partial charge is 0.317 e. The third-order valence-electron chi connectivity index (χ3n) is 2.38. The molecular weight excluding hydrogens is 150 g/mol. The minimum Gasteiger partial charge on any atom is -0.317 e. The number of piperidine rings is 1. The number of hydrogen-bond donors (Lipinski definition) is 2. The fourth-order valence-electron chi connectivity index (χ4n) is 1.55. The maximum Gasteiger partial charge on any atom is 0.109 e. The van der Waals surface area contributed by atoms with E-state index in [4.69, 9.17) is 5.26 Å². The average molecular weight is 167 g/mol. The molecule has 0 amide bonds. The summed E-state index contributed by atoms with van der Waals surface area (Å²) in [6, 6.07) is 2.40. The molecule has 0 unspecified atom stereocenters. The Bertz CT molecular complexity index is 165. The van der Waals surface area contributed by atoms with Gasteiger partial charge >= 0.3 is 0 Å². The molecule has 1 aliphatic heterocycles. The van der Waals surface area contributed by atoms with E-state index < -0.39 is 0 Å². The standard InChI is InChI=1S/C9H17N3/c1-2-5-12-9(8-10)3-6-11-7-4-9/h11-12H,2-7H2,1H3.